The van der Waals surface area contributed by atoms with Gasteiger partial charge in [-0.15, -0.1) is 16.4 Å². The molecule has 4 aromatic rings. The summed E-state index contributed by atoms with van der Waals surface area (Å²) in [6.07, 6.45) is 2.15. The summed E-state index contributed by atoms with van der Waals surface area (Å²) < 4.78 is 30.4. The number of benzene rings is 2. The molecule has 0 spiro atoms. The fraction of sp³-hybridized carbons (Fsp3) is 0.150. The highest BCUT2D eigenvalue weighted by atomic mass is 32.2. The van der Waals surface area contributed by atoms with Crippen LogP contribution in [0, 0.1) is 0 Å². The Morgan fingerprint density at radius 2 is 1.90 bits per heavy atom. The van der Waals surface area contributed by atoms with Crippen molar-refractivity contribution in [1.82, 2.24) is 24.5 Å². The monoisotopic (exact) mass is 423 g/mol. The molecule has 7 nitrogen and oxygen atoms in total. The smallest absolute Gasteiger partial charge is 0.207 e. The minimum Gasteiger partial charge on any atom is -0.207 e. The summed E-state index contributed by atoms with van der Waals surface area (Å²) in [6, 6.07) is 18.2. The molecular weight excluding hydrogens is 406 g/mol. The number of hydrogen-bond donors (Lipinski definition) is 0. The Morgan fingerprint density at radius 1 is 1.03 bits per heavy atom. The lowest BCUT2D eigenvalue weighted by atomic mass is 9.95. The predicted octanol–water partition coefficient (Wildman–Crippen LogP) is 3.06. The minimum absolute atomic E-state index is 0.227. The molecule has 0 radical (unpaired) electrons. The third-order valence-electron chi connectivity index (χ3n) is 5.07. The number of aromatic nitrogens is 4. The number of rotatable bonds is 4. The fourth-order valence-corrected chi connectivity index (χ4v) is 6.27. The summed E-state index contributed by atoms with van der Waals surface area (Å²) in [5, 5.41) is 13.1. The van der Waals surface area contributed by atoms with Crippen LogP contribution in [0.25, 0.3) is 5.69 Å². The lowest BCUT2D eigenvalue weighted by Gasteiger charge is -2.35. The SMILES string of the molecule is O=S(=O)(c1cccc(-n2cnnn2)c1)N1CCc2sccc2C1c1ccccc1. The van der Waals surface area contributed by atoms with Crippen LogP contribution in [0.4, 0.5) is 0 Å². The van der Waals surface area contributed by atoms with Crippen molar-refractivity contribution in [3.63, 3.8) is 0 Å². The van der Waals surface area contributed by atoms with Gasteiger partial charge in [0.05, 0.1) is 16.6 Å². The zero-order valence-electron chi connectivity index (χ0n) is 15.3. The fourth-order valence-electron chi connectivity index (χ4n) is 3.73. The topological polar surface area (TPSA) is 81.0 Å². The van der Waals surface area contributed by atoms with E-state index in [1.807, 2.05) is 41.8 Å². The van der Waals surface area contributed by atoms with Crippen LogP contribution in [0.3, 0.4) is 0 Å². The second-order valence-corrected chi connectivity index (χ2v) is 9.62. The maximum absolute atomic E-state index is 13.7. The molecule has 0 fully saturated rings. The van der Waals surface area contributed by atoms with Gasteiger partial charge in [-0.2, -0.15) is 4.31 Å². The Hall–Kier alpha value is -2.88. The summed E-state index contributed by atoms with van der Waals surface area (Å²) >= 11 is 1.69. The zero-order chi connectivity index (χ0) is 19.8. The van der Waals surface area contributed by atoms with Crippen LogP contribution in [-0.2, 0) is 16.4 Å². The molecule has 1 atom stereocenters. The summed E-state index contributed by atoms with van der Waals surface area (Å²) in [6.45, 7) is 0.435. The first kappa shape index (κ1) is 18.2. The number of nitrogens with zero attached hydrogens (tertiary/aromatic N) is 5. The van der Waals surface area contributed by atoms with Crippen molar-refractivity contribution in [3.05, 3.63) is 88.4 Å². The van der Waals surface area contributed by atoms with E-state index in [9.17, 15) is 8.42 Å². The Bertz CT molecular complexity index is 1240. The van der Waals surface area contributed by atoms with E-state index in [0.29, 0.717) is 18.7 Å². The van der Waals surface area contributed by atoms with E-state index in [1.165, 1.54) is 15.9 Å². The van der Waals surface area contributed by atoms with E-state index >= 15 is 0 Å². The molecule has 29 heavy (non-hydrogen) atoms. The van der Waals surface area contributed by atoms with Crippen LogP contribution in [0.15, 0.2) is 77.3 Å². The highest BCUT2D eigenvalue weighted by molar-refractivity contribution is 7.89. The van der Waals surface area contributed by atoms with Gasteiger partial charge in [0.1, 0.15) is 6.33 Å². The van der Waals surface area contributed by atoms with Crippen LogP contribution in [-0.4, -0.2) is 39.5 Å². The van der Waals surface area contributed by atoms with E-state index < -0.39 is 10.0 Å². The number of tetrazole rings is 1. The van der Waals surface area contributed by atoms with Crippen molar-refractivity contribution < 1.29 is 8.42 Å². The Labute approximate surface area is 172 Å². The molecule has 9 heteroatoms. The van der Waals surface area contributed by atoms with Crippen molar-refractivity contribution in [3.8, 4) is 5.69 Å². The Kier molecular flexibility index (Phi) is 4.50. The third-order valence-corrected chi connectivity index (χ3v) is 7.93. The molecule has 146 valence electrons. The molecule has 2 aromatic heterocycles. The lowest BCUT2D eigenvalue weighted by Crippen LogP contribution is -2.40. The molecule has 1 aliphatic heterocycles. The zero-order valence-corrected chi connectivity index (χ0v) is 16.9. The number of hydrogen-bond acceptors (Lipinski definition) is 6. The molecule has 0 bridgehead atoms. The van der Waals surface area contributed by atoms with Crippen molar-refractivity contribution >= 4 is 21.4 Å². The first-order chi connectivity index (χ1) is 14.1. The highest BCUT2D eigenvalue weighted by Gasteiger charge is 2.38. The van der Waals surface area contributed by atoms with Gasteiger partial charge in [0, 0.05) is 11.4 Å². The molecule has 2 aromatic carbocycles. The predicted molar refractivity (Wildman–Crippen MR) is 109 cm³/mol. The van der Waals surface area contributed by atoms with Gasteiger partial charge >= 0.3 is 0 Å². The van der Waals surface area contributed by atoms with Gasteiger partial charge in [-0.3, -0.25) is 0 Å². The number of fused-ring (bicyclic) bond motifs is 1. The van der Waals surface area contributed by atoms with Gasteiger partial charge in [0.2, 0.25) is 10.0 Å². The molecule has 0 aliphatic carbocycles. The summed E-state index contributed by atoms with van der Waals surface area (Å²) in [5.41, 5.74) is 2.63. The molecule has 1 aliphatic rings. The lowest BCUT2D eigenvalue weighted by molar-refractivity contribution is 0.347. The molecule has 0 amide bonds. The average Bonchev–Trinajstić information content (AvgIpc) is 3.45. The van der Waals surface area contributed by atoms with Crippen LogP contribution < -0.4 is 0 Å². The van der Waals surface area contributed by atoms with Crippen LogP contribution in [0.1, 0.15) is 22.0 Å². The summed E-state index contributed by atoms with van der Waals surface area (Å²) in [4.78, 5) is 1.47. The van der Waals surface area contributed by atoms with Crippen LogP contribution >= 0.6 is 11.3 Å². The van der Waals surface area contributed by atoms with E-state index in [-0.39, 0.29) is 10.9 Å². The maximum Gasteiger partial charge on any atom is 0.244 e. The van der Waals surface area contributed by atoms with Crippen LogP contribution in [0.2, 0.25) is 0 Å². The highest BCUT2D eigenvalue weighted by Crippen LogP contribution is 2.40. The minimum atomic E-state index is -3.74. The van der Waals surface area contributed by atoms with Gasteiger partial charge in [0.25, 0.3) is 0 Å². The molecule has 0 saturated heterocycles. The molecular formula is C20H17N5O2S2. The van der Waals surface area contributed by atoms with Crippen molar-refractivity contribution in [2.75, 3.05) is 6.54 Å². The molecule has 3 heterocycles. The maximum atomic E-state index is 13.7. The van der Waals surface area contributed by atoms with E-state index in [2.05, 4.69) is 15.5 Å². The summed E-state index contributed by atoms with van der Waals surface area (Å²) in [5.74, 6) is 0. The summed E-state index contributed by atoms with van der Waals surface area (Å²) in [7, 11) is -3.74. The van der Waals surface area contributed by atoms with Crippen molar-refractivity contribution in [2.24, 2.45) is 0 Å². The first-order valence-corrected chi connectivity index (χ1v) is 11.4. The van der Waals surface area contributed by atoms with Crippen molar-refractivity contribution in [2.45, 2.75) is 17.4 Å². The van der Waals surface area contributed by atoms with E-state index in [0.717, 1.165) is 11.1 Å². The van der Waals surface area contributed by atoms with Gasteiger partial charge in [-0.1, -0.05) is 36.4 Å². The largest absolute Gasteiger partial charge is 0.244 e. The Balaban J connectivity index is 1.61. The second-order valence-electron chi connectivity index (χ2n) is 6.73. The molecule has 5 rings (SSSR count). The van der Waals surface area contributed by atoms with Gasteiger partial charge < -0.3 is 0 Å². The van der Waals surface area contributed by atoms with Gasteiger partial charge in [-0.25, -0.2) is 13.1 Å². The normalized spacial score (nSPS) is 17.2. The molecule has 1 unspecified atom stereocenters. The van der Waals surface area contributed by atoms with Gasteiger partial charge in [-0.05, 0) is 57.6 Å². The van der Waals surface area contributed by atoms with Crippen LogP contribution in [0.5, 0.6) is 0 Å². The van der Waals surface area contributed by atoms with Crippen molar-refractivity contribution in [1.29, 1.82) is 0 Å². The average molecular weight is 424 g/mol. The molecule has 0 N–H and O–H groups in total. The molecule has 0 saturated carbocycles. The standard InChI is InChI=1S/C20H17N5O2S2/c26-29(27,17-8-4-7-16(13-17)24-14-21-22-23-24)25-11-9-19-18(10-12-28-19)20(25)15-5-2-1-3-6-15/h1-8,10,12-14,20H,9,11H2. The van der Waals surface area contributed by atoms with E-state index in [4.69, 9.17) is 0 Å². The number of sulfonamides is 1. The van der Waals surface area contributed by atoms with E-state index in [1.54, 1.807) is 39.9 Å². The quantitative estimate of drug-likeness (QED) is 0.504. The van der Waals surface area contributed by atoms with Gasteiger partial charge in [0.15, 0.2) is 0 Å². The number of thiophene rings is 1. The second kappa shape index (κ2) is 7.18. The third kappa shape index (κ3) is 3.17. The first-order valence-electron chi connectivity index (χ1n) is 9.11. The Morgan fingerprint density at radius 3 is 2.69 bits per heavy atom.